The molecular weight excluding hydrogens is 227 g/mol. The molecule has 0 amide bonds. The lowest BCUT2D eigenvalue weighted by Gasteiger charge is -1.77. The zero-order valence-electron chi connectivity index (χ0n) is 5.30. The minimum Gasteiger partial charge on any atom is -0.290 e. The number of hydrogen-bond donors (Lipinski definition) is 0. The van der Waals surface area contributed by atoms with E-state index < -0.39 is 0 Å². The van der Waals surface area contributed by atoms with Crippen LogP contribution in [0.1, 0.15) is 13.3 Å². The van der Waals surface area contributed by atoms with Gasteiger partial charge in [0.15, 0.2) is 5.78 Å². The molecule has 0 saturated heterocycles. The molecular formula is C7H9IO. The van der Waals surface area contributed by atoms with Gasteiger partial charge in [-0.3, -0.25) is 4.79 Å². The fourth-order valence-corrected chi connectivity index (χ4v) is 0.706. The van der Waals surface area contributed by atoms with Gasteiger partial charge in [-0.25, -0.2) is 0 Å². The number of ketones is 1. The summed E-state index contributed by atoms with van der Waals surface area (Å²) in [4.78, 5) is 10.6. The quantitative estimate of drug-likeness (QED) is 0.543. The van der Waals surface area contributed by atoms with Crippen LogP contribution in [0.25, 0.3) is 0 Å². The van der Waals surface area contributed by atoms with E-state index in [1.165, 1.54) is 6.08 Å². The van der Waals surface area contributed by atoms with Crippen molar-refractivity contribution in [2.75, 3.05) is 0 Å². The van der Waals surface area contributed by atoms with Crippen molar-refractivity contribution in [2.45, 2.75) is 13.3 Å². The Morgan fingerprint density at radius 3 is 2.67 bits per heavy atom. The lowest BCUT2D eigenvalue weighted by molar-refractivity contribution is -0.110. The van der Waals surface area contributed by atoms with Crippen molar-refractivity contribution >= 4 is 28.4 Å². The van der Waals surface area contributed by atoms with Gasteiger partial charge in [-0.05, 0) is 22.7 Å². The van der Waals surface area contributed by atoms with E-state index in [2.05, 4.69) is 0 Å². The van der Waals surface area contributed by atoms with Crippen LogP contribution < -0.4 is 0 Å². The molecule has 0 atom stereocenters. The van der Waals surface area contributed by atoms with Crippen LogP contribution in [-0.4, -0.2) is 5.78 Å². The first-order chi connectivity index (χ1) is 4.31. The molecule has 0 bridgehead atoms. The summed E-state index contributed by atoms with van der Waals surface area (Å²) in [6.07, 6.45) is 5.88. The molecule has 0 unspecified atom stereocenters. The van der Waals surface area contributed by atoms with Crippen LogP contribution in [0.3, 0.4) is 0 Å². The maximum Gasteiger partial charge on any atom is 0.178 e. The maximum absolute atomic E-state index is 10.6. The molecule has 0 aliphatic carbocycles. The summed E-state index contributed by atoms with van der Waals surface area (Å²) < 4.78 is 1.71. The van der Waals surface area contributed by atoms with Gasteiger partial charge in [-0.15, -0.1) is 0 Å². The molecule has 0 spiro atoms. The van der Waals surface area contributed by atoms with Crippen molar-refractivity contribution in [1.82, 2.24) is 0 Å². The maximum atomic E-state index is 10.6. The lowest BCUT2D eigenvalue weighted by Crippen LogP contribution is -1.81. The van der Waals surface area contributed by atoms with Gasteiger partial charge in [0, 0.05) is 0 Å². The highest BCUT2D eigenvalue weighted by molar-refractivity contribution is 14.1. The zero-order valence-corrected chi connectivity index (χ0v) is 7.46. The van der Waals surface area contributed by atoms with Gasteiger partial charge < -0.3 is 0 Å². The van der Waals surface area contributed by atoms with E-state index in [0.29, 0.717) is 0 Å². The van der Waals surface area contributed by atoms with Crippen LogP contribution in [-0.2, 0) is 4.79 Å². The van der Waals surface area contributed by atoms with Crippen molar-refractivity contribution < 1.29 is 4.79 Å². The second-order valence-corrected chi connectivity index (χ2v) is 2.22. The molecule has 1 nitrogen and oxygen atoms in total. The third-order valence-electron chi connectivity index (χ3n) is 0.745. The molecule has 0 fully saturated rings. The summed E-state index contributed by atoms with van der Waals surface area (Å²) in [7, 11) is 0. The molecule has 0 N–H and O–H groups in total. The molecule has 0 aromatic carbocycles. The van der Waals surface area contributed by atoms with E-state index in [9.17, 15) is 4.79 Å². The first-order valence-electron chi connectivity index (χ1n) is 2.78. The molecule has 0 heterocycles. The fourth-order valence-electron chi connectivity index (χ4n) is 0.352. The highest BCUT2D eigenvalue weighted by Crippen LogP contribution is 1.87. The van der Waals surface area contributed by atoms with Crippen LogP contribution in [0.2, 0.25) is 0 Å². The summed E-state index contributed by atoms with van der Waals surface area (Å²) >= 11 is 2.02. The van der Waals surface area contributed by atoms with Gasteiger partial charge in [-0.1, -0.05) is 35.6 Å². The molecule has 0 aliphatic heterocycles. The third-order valence-corrected chi connectivity index (χ3v) is 1.10. The summed E-state index contributed by atoms with van der Waals surface area (Å²) in [6, 6.07) is 0. The predicted octanol–water partition coefficient (Wildman–Crippen LogP) is 2.47. The van der Waals surface area contributed by atoms with Crippen LogP contribution in [0.4, 0.5) is 0 Å². The second kappa shape index (κ2) is 6.01. The van der Waals surface area contributed by atoms with E-state index in [1.807, 2.05) is 35.6 Å². The molecule has 50 valence electrons. The molecule has 0 rings (SSSR count). The van der Waals surface area contributed by atoms with Gasteiger partial charge in [0.25, 0.3) is 0 Å². The van der Waals surface area contributed by atoms with Gasteiger partial charge in [0.05, 0.1) is 0 Å². The van der Waals surface area contributed by atoms with Crippen LogP contribution >= 0.6 is 22.6 Å². The molecule has 0 aromatic heterocycles. The number of carbonyl (C=O) groups is 1. The highest BCUT2D eigenvalue weighted by Gasteiger charge is 1.82. The Kier molecular flexibility index (Phi) is 5.93. The van der Waals surface area contributed by atoms with E-state index in [4.69, 9.17) is 0 Å². The number of allylic oxidation sites excluding steroid dienone is 3. The predicted molar refractivity (Wildman–Crippen MR) is 47.6 cm³/mol. The third kappa shape index (κ3) is 5.76. The van der Waals surface area contributed by atoms with E-state index in [-0.39, 0.29) is 5.78 Å². The van der Waals surface area contributed by atoms with E-state index in [1.54, 1.807) is 10.2 Å². The minimum atomic E-state index is 0.0613. The molecule has 0 saturated carbocycles. The average molecular weight is 236 g/mol. The Morgan fingerprint density at radius 1 is 1.56 bits per heavy atom. The SMILES string of the molecule is CCC=CC(=O)C=CI. The molecule has 0 radical (unpaired) electrons. The van der Waals surface area contributed by atoms with Gasteiger partial charge in [0.2, 0.25) is 0 Å². The Labute approximate surface area is 69.0 Å². The van der Waals surface area contributed by atoms with Crippen LogP contribution in [0.5, 0.6) is 0 Å². The van der Waals surface area contributed by atoms with Crippen LogP contribution in [0.15, 0.2) is 22.3 Å². The summed E-state index contributed by atoms with van der Waals surface area (Å²) in [5.74, 6) is 0.0613. The van der Waals surface area contributed by atoms with Gasteiger partial charge in [0.1, 0.15) is 0 Å². The Morgan fingerprint density at radius 2 is 2.22 bits per heavy atom. The van der Waals surface area contributed by atoms with Crippen molar-refractivity contribution in [3.05, 3.63) is 22.3 Å². The Balaban J connectivity index is 3.63. The number of halogens is 1. The van der Waals surface area contributed by atoms with Gasteiger partial charge in [-0.2, -0.15) is 0 Å². The average Bonchev–Trinajstić information content (AvgIpc) is 1.85. The molecule has 0 aliphatic rings. The lowest BCUT2D eigenvalue weighted by atomic mass is 10.3. The van der Waals surface area contributed by atoms with Gasteiger partial charge >= 0.3 is 0 Å². The minimum absolute atomic E-state index is 0.0613. The van der Waals surface area contributed by atoms with Crippen molar-refractivity contribution in [1.29, 1.82) is 0 Å². The van der Waals surface area contributed by atoms with Crippen LogP contribution in [0, 0.1) is 0 Å². The van der Waals surface area contributed by atoms with E-state index in [0.717, 1.165) is 6.42 Å². The zero-order chi connectivity index (χ0) is 7.11. The smallest absolute Gasteiger partial charge is 0.178 e. The first-order valence-corrected chi connectivity index (χ1v) is 4.03. The fraction of sp³-hybridized carbons (Fsp3) is 0.286. The topological polar surface area (TPSA) is 17.1 Å². The molecule has 0 aromatic rings. The van der Waals surface area contributed by atoms with Crippen molar-refractivity contribution in [3.8, 4) is 0 Å². The summed E-state index contributed by atoms with van der Waals surface area (Å²) in [5.41, 5.74) is 0. The Bertz CT molecular complexity index is 136. The summed E-state index contributed by atoms with van der Waals surface area (Å²) in [5, 5.41) is 0. The molecule has 2 heteroatoms. The second-order valence-electron chi connectivity index (χ2n) is 1.51. The number of rotatable bonds is 3. The number of hydrogen-bond acceptors (Lipinski definition) is 1. The summed E-state index contributed by atoms with van der Waals surface area (Å²) in [6.45, 7) is 2.00. The molecule has 9 heavy (non-hydrogen) atoms. The first kappa shape index (κ1) is 8.88. The highest BCUT2D eigenvalue weighted by atomic mass is 127. The van der Waals surface area contributed by atoms with Crippen molar-refractivity contribution in [3.63, 3.8) is 0 Å². The number of carbonyl (C=O) groups excluding carboxylic acids is 1. The van der Waals surface area contributed by atoms with E-state index >= 15 is 0 Å². The monoisotopic (exact) mass is 236 g/mol. The van der Waals surface area contributed by atoms with Crippen molar-refractivity contribution in [2.24, 2.45) is 0 Å². The standard InChI is InChI=1S/C7H9IO/c1-2-3-4-7(9)5-6-8/h3-6H,2H2,1H3. The largest absolute Gasteiger partial charge is 0.290 e. The Hall–Kier alpha value is -0.120. The normalized spacial score (nSPS) is 11.3.